The molecular formula is C18H27N3O7S. The van der Waals surface area contributed by atoms with Gasteiger partial charge in [0.25, 0.3) is 5.69 Å². The van der Waals surface area contributed by atoms with Crippen molar-refractivity contribution < 1.29 is 28.0 Å². The van der Waals surface area contributed by atoms with Crippen molar-refractivity contribution in [3.05, 3.63) is 34.4 Å². The van der Waals surface area contributed by atoms with Crippen molar-refractivity contribution in [2.24, 2.45) is 11.8 Å². The second-order valence-electron chi connectivity index (χ2n) is 7.56. The van der Waals surface area contributed by atoms with Crippen LogP contribution in [0, 0.1) is 22.0 Å². The minimum Gasteiger partial charge on any atom is -0.480 e. The van der Waals surface area contributed by atoms with Gasteiger partial charge >= 0.3 is 5.97 Å². The molecule has 10 nitrogen and oxygen atoms in total. The minimum absolute atomic E-state index is 0.0105. The van der Waals surface area contributed by atoms with Crippen LogP contribution in [-0.2, 0) is 19.6 Å². The molecule has 29 heavy (non-hydrogen) atoms. The van der Waals surface area contributed by atoms with Crippen molar-refractivity contribution in [3.63, 3.8) is 0 Å². The normalized spacial score (nSPS) is 13.9. The van der Waals surface area contributed by atoms with Crippen molar-refractivity contribution in [2.45, 2.75) is 57.5 Å². The maximum atomic E-state index is 12.7. The summed E-state index contributed by atoms with van der Waals surface area (Å²) >= 11 is 0. The van der Waals surface area contributed by atoms with E-state index in [1.54, 1.807) is 27.7 Å². The van der Waals surface area contributed by atoms with Gasteiger partial charge in [0.05, 0.1) is 4.92 Å². The Morgan fingerprint density at radius 2 is 1.59 bits per heavy atom. The lowest BCUT2D eigenvalue weighted by Crippen LogP contribution is -2.52. The Kier molecular flexibility index (Phi) is 8.71. The number of carboxylic acid groups (broad SMARTS) is 1. The summed E-state index contributed by atoms with van der Waals surface area (Å²) in [6.45, 7) is 7.13. The van der Waals surface area contributed by atoms with Crippen LogP contribution in [0.2, 0.25) is 0 Å². The highest BCUT2D eigenvalue weighted by atomic mass is 32.2. The zero-order valence-electron chi connectivity index (χ0n) is 16.8. The van der Waals surface area contributed by atoms with Gasteiger partial charge in [0.2, 0.25) is 15.9 Å². The fourth-order valence-electron chi connectivity index (χ4n) is 2.73. The summed E-state index contributed by atoms with van der Waals surface area (Å²) in [6.07, 6.45) is 0.256. The van der Waals surface area contributed by atoms with Crippen LogP contribution < -0.4 is 10.0 Å². The van der Waals surface area contributed by atoms with Crippen LogP contribution in [0.3, 0.4) is 0 Å². The molecule has 11 heteroatoms. The number of carboxylic acids is 1. The lowest BCUT2D eigenvalue weighted by atomic mass is 10.0. The Balaban J connectivity index is 3.17. The Hall–Kier alpha value is -2.53. The van der Waals surface area contributed by atoms with Crippen LogP contribution in [0.15, 0.2) is 29.2 Å². The number of aliphatic carboxylic acids is 1. The Labute approximate surface area is 169 Å². The molecule has 0 spiro atoms. The molecule has 0 saturated carbocycles. The lowest BCUT2D eigenvalue weighted by Gasteiger charge is -2.23. The molecule has 1 aromatic carbocycles. The summed E-state index contributed by atoms with van der Waals surface area (Å²) in [5.74, 6) is -2.14. The van der Waals surface area contributed by atoms with E-state index in [0.29, 0.717) is 0 Å². The average molecular weight is 429 g/mol. The SMILES string of the molecule is CC(C)CC(NC(=O)C(CC(C)C)NS(=O)(=O)c1ccccc1[N+](=O)[O-])C(=O)O. The molecule has 0 bridgehead atoms. The number of hydrogen-bond acceptors (Lipinski definition) is 6. The molecule has 0 aromatic heterocycles. The summed E-state index contributed by atoms with van der Waals surface area (Å²) in [5, 5.41) is 22.8. The third-order valence-corrected chi connectivity index (χ3v) is 5.51. The van der Waals surface area contributed by atoms with Crippen molar-refractivity contribution in [1.29, 1.82) is 0 Å². The van der Waals surface area contributed by atoms with E-state index in [0.717, 1.165) is 12.1 Å². The molecule has 0 saturated heterocycles. The topological polar surface area (TPSA) is 156 Å². The summed E-state index contributed by atoms with van der Waals surface area (Å²) in [7, 11) is -4.40. The van der Waals surface area contributed by atoms with Gasteiger partial charge in [0.15, 0.2) is 4.90 Å². The number of benzene rings is 1. The highest BCUT2D eigenvalue weighted by Crippen LogP contribution is 2.23. The van der Waals surface area contributed by atoms with Crippen LogP contribution in [-0.4, -0.2) is 42.4 Å². The second kappa shape index (κ2) is 10.3. The number of hydrogen-bond donors (Lipinski definition) is 3. The zero-order valence-corrected chi connectivity index (χ0v) is 17.6. The summed E-state index contributed by atoms with van der Waals surface area (Å²) < 4.78 is 27.7. The van der Waals surface area contributed by atoms with Gasteiger partial charge in [-0.2, -0.15) is 4.72 Å². The zero-order chi connectivity index (χ0) is 22.4. The van der Waals surface area contributed by atoms with Crippen molar-refractivity contribution in [2.75, 3.05) is 0 Å². The number of para-hydroxylation sites is 1. The van der Waals surface area contributed by atoms with E-state index in [1.165, 1.54) is 12.1 Å². The van der Waals surface area contributed by atoms with E-state index in [4.69, 9.17) is 0 Å². The summed E-state index contributed by atoms with van der Waals surface area (Å²) in [6, 6.07) is 2.33. The minimum atomic E-state index is -4.40. The molecule has 0 heterocycles. The molecule has 1 rings (SSSR count). The van der Waals surface area contributed by atoms with Crippen LogP contribution in [0.5, 0.6) is 0 Å². The number of carbonyl (C=O) groups excluding carboxylic acids is 1. The van der Waals surface area contributed by atoms with Gasteiger partial charge in [-0.3, -0.25) is 14.9 Å². The maximum Gasteiger partial charge on any atom is 0.326 e. The first-order valence-corrected chi connectivity index (χ1v) is 10.6. The molecule has 2 unspecified atom stereocenters. The Bertz CT molecular complexity index is 853. The molecule has 0 aliphatic heterocycles. The fourth-order valence-corrected chi connectivity index (χ4v) is 4.11. The standard InChI is InChI=1S/C18H27N3O7S/c1-11(2)9-13(17(22)19-14(18(23)24)10-12(3)4)20-29(27,28)16-8-6-5-7-15(16)21(25)26/h5-8,11-14,20H,9-10H2,1-4H3,(H,19,22)(H,23,24). The van der Waals surface area contributed by atoms with E-state index in [1.807, 2.05) is 0 Å². The molecule has 0 aliphatic carbocycles. The Morgan fingerprint density at radius 3 is 2.07 bits per heavy atom. The van der Waals surface area contributed by atoms with Gasteiger partial charge in [0.1, 0.15) is 12.1 Å². The fraction of sp³-hybridized carbons (Fsp3) is 0.556. The molecule has 1 amide bonds. The molecule has 2 atom stereocenters. The predicted octanol–water partition coefficient (Wildman–Crippen LogP) is 1.90. The number of nitro benzene ring substituents is 1. The molecule has 3 N–H and O–H groups in total. The largest absolute Gasteiger partial charge is 0.480 e. The van der Waals surface area contributed by atoms with Crippen LogP contribution >= 0.6 is 0 Å². The summed E-state index contributed by atoms with van der Waals surface area (Å²) in [4.78, 5) is 33.8. The number of carbonyl (C=O) groups is 2. The quantitative estimate of drug-likeness (QED) is 0.358. The molecular weight excluding hydrogens is 402 g/mol. The van der Waals surface area contributed by atoms with Crippen molar-refractivity contribution in [3.8, 4) is 0 Å². The van der Waals surface area contributed by atoms with Gasteiger partial charge in [-0.1, -0.05) is 39.8 Å². The van der Waals surface area contributed by atoms with Gasteiger partial charge in [-0.25, -0.2) is 13.2 Å². The number of nitro groups is 1. The van der Waals surface area contributed by atoms with Crippen molar-refractivity contribution in [1.82, 2.24) is 10.0 Å². The van der Waals surface area contributed by atoms with Gasteiger partial charge in [-0.15, -0.1) is 0 Å². The molecule has 162 valence electrons. The van der Waals surface area contributed by atoms with E-state index < -0.39 is 49.5 Å². The van der Waals surface area contributed by atoms with Gasteiger partial charge < -0.3 is 10.4 Å². The first-order valence-electron chi connectivity index (χ1n) is 9.14. The second-order valence-corrected chi connectivity index (χ2v) is 9.24. The van der Waals surface area contributed by atoms with E-state index >= 15 is 0 Å². The number of nitrogens with one attached hydrogen (secondary N) is 2. The molecule has 0 radical (unpaired) electrons. The monoisotopic (exact) mass is 429 g/mol. The average Bonchev–Trinajstić information content (AvgIpc) is 2.59. The number of rotatable bonds is 11. The van der Waals surface area contributed by atoms with Crippen LogP contribution in [0.1, 0.15) is 40.5 Å². The van der Waals surface area contributed by atoms with Crippen LogP contribution in [0.4, 0.5) is 5.69 Å². The number of nitrogens with zero attached hydrogens (tertiary/aromatic N) is 1. The highest BCUT2D eigenvalue weighted by molar-refractivity contribution is 7.89. The first-order chi connectivity index (χ1) is 13.3. The highest BCUT2D eigenvalue weighted by Gasteiger charge is 2.32. The number of amides is 1. The smallest absolute Gasteiger partial charge is 0.326 e. The van der Waals surface area contributed by atoms with Crippen molar-refractivity contribution >= 4 is 27.6 Å². The first kappa shape index (κ1) is 24.5. The molecule has 1 aromatic rings. The predicted molar refractivity (Wildman–Crippen MR) is 106 cm³/mol. The third-order valence-electron chi connectivity index (χ3n) is 3.99. The maximum absolute atomic E-state index is 12.7. The number of sulfonamides is 1. The van der Waals surface area contributed by atoms with E-state index in [2.05, 4.69) is 10.0 Å². The van der Waals surface area contributed by atoms with Gasteiger partial charge in [0, 0.05) is 6.07 Å². The third kappa shape index (κ3) is 7.42. The molecule has 0 aliphatic rings. The van der Waals surface area contributed by atoms with E-state index in [-0.39, 0.29) is 24.7 Å². The lowest BCUT2D eigenvalue weighted by molar-refractivity contribution is -0.387. The summed E-state index contributed by atoms with van der Waals surface area (Å²) in [5.41, 5.74) is -0.619. The van der Waals surface area contributed by atoms with Crippen LogP contribution in [0.25, 0.3) is 0 Å². The van der Waals surface area contributed by atoms with E-state index in [9.17, 15) is 33.2 Å². The Morgan fingerprint density at radius 1 is 1.07 bits per heavy atom. The van der Waals surface area contributed by atoms with Gasteiger partial charge in [-0.05, 0) is 30.7 Å². The molecule has 0 fully saturated rings.